The zero-order chi connectivity index (χ0) is 13.1. The van der Waals surface area contributed by atoms with Crippen LogP contribution >= 0.6 is 0 Å². The highest BCUT2D eigenvalue weighted by atomic mass is 16.5. The van der Waals surface area contributed by atoms with Crippen molar-refractivity contribution < 1.29 is 9.47 Å². The third-order valence-corrected chi connectivity index (χ3v) is 3.22. The molecule has 3 rings (SSSR count). The van der Waals surface area contributed by atoms with Crippen molar-refractivity contribution in [3.05, 3.63) is 59.7 Å². The van der Waals surface area contributed by atoms with E-state index < -0.39 is 0 Å². The fourth-order valence-corrected chi connectivity index (χ4v) is 2.21. The van der Waals surface area contributed by atoms with Gasteiger partial charge in [-0.2, -0.15) is 0 Å². The maximum Gasteiger partial charge on any atom is 0.126 e. The molecule has 2 aromatic carbocycles. The lowest BCUT2D eigenvalue weighted by molar-refractivity contribution is 0.258. The van der Waals surface area contributed by atoms with Crippen molar-refractivity contribution in [1.29, 1.82) is 0 Å². The topological polar surface area (TPSA) is 44.5 Å². The number of rotatable bonds is 3. The SMILES string of the molecule is NC1COc2cc(OCc3ccccc3)ccc2C1. The third-order valence-electron chi connectivity index (χ3n) is 3.22. The Morgan fingerprint density at radius 3 is 2.84 bits per heavy atom. The summed E-state index contributed by atoms with van der Waals surface area (Å²) in [5.74, 6) is 1.73. The van der Waals surface area contributed by atoms with Crippen molar-refractivity contribution in [3.63, 3.8) is 0 Å². The predicted octanol–water partition coefficient (Wildman–Crippen LogP) is 2.53. The first-order valence-electron chi connectivity index (χ1n) is 6.49. The fraction of sp³-hybridized carbons (Fsp3) is 0.250. The van der Waals surface area contributed by atoms with Gasteiger partial charge in [-0.25, -0.2) is 0 Å². The Morgan fingerprint density at radius 2 is 2.00 bits per heavy atom. The van der Waals surface area contributed by atoms with Crippen molar-refractivity contribution >= 4 is 0 Å². The Balaban J connectivity index is 1.69. The lowest BCUT2D eigenvalue weighted by Gasteiger charge is -2.22. The van der Waals surface area contributed by atoms with Crippen molar-refractivity contribution in [3.8, 4) is 11.5 Å². The van der Waals surface area contributed by atoms with Crippen LogP contribution in [0.4, 0.5) is 0 Å². The summed E-state index contributed by atoms with van der Waals surface area (Å²) in [6.07, 6.45) is 0.869. The summed E-state index contributed by atoms with van der Waals surface area (Å²) in [5, 5.41) is 0. The molecule has 1 aliphatic rings. The Hall–Kier alpha value is -2.00. The first-order chi connectivity index (χ1) is 9.31. The van der Waals surface area contributed by atoms with Gasteiger partial charge in [0.1, 0.15) is 24.7 Å². The summed E-state index contributed by atoms with van der Waals surface area (Å²) in [7, 11) is 0. The van der Waals surface area contributed by atoms with E-state index in [1.165, 1.54) is 0 Å². The highest BCUT2D eigenvalue weighted by Gasteiger charge is 2.16. The summed E-state index contributed by atoms with van der Waals surface area (Å²) in [4.78, 5) is 0. The zero-order valence-electron chi connectivity index (χ0n) is 10.7. The number of nitrogens with two attached hydrogens (primary N) is 1. The highest BCUT2D eigenvalue weighted by molar-refractivity contribution is 5.42. The predicted molar refractivity (Wildman–Crippen MR) is 74.4 cm³/mol. The molecule has 1 unspecified atom stereocenters. The van der Waals surface area contributed by atoms with Gasteiger partial charge < -0.3 is 15.2 Å². The van der Waals surface area contributed by atoms with Gasteiger partial charge in [0.2, 0.25) is 0 Å². The van der Waals surface area contributed by atoms with E-state index in [-0.39, 0.29) is 6.04 Å². The van der Waals surface area contributed by atoms with E-state index in [0.29, 0.717) is 13.2 Å². The van der Waals surface area contributed by atoms with Crippen LogP contribution in [0.1, 0.15) is 11.1 Å². The molecule has 98 valence electrons. The largest absolute Gasteiger partial charge is 0.492 e. The number of fused-ring (bicyclic) bond motifs is 1. The van der Waals surface area contributed by atoms with E-state index in [1.807, 2.05) is 48.5 Å². The molecular weight excluding hydrogens is 238 g/mol. The van der Waals surface area contributed by atoms with Gasteiger partial charge in [-0.05, 0) is 23.6 Å². The molecule has 2 N–H and O–H groups in total. The second-order valence-corrected chi connectivity index (χ2v) is 4.82. The van der Waals surface area contributed by atoms with E-state index in [4.69, 9.17) is 15.2 Å². The van der Waals surface area contributed by atoms with Crippen LogP contribution < -0.4 is 15.2 Å². The van der Waals surface area contributed by atoms with Crippen LogP contribution in [0, 0.1) is 0 Å². The summed E-state index contributed by atoms with van der Waals surface area (Å²) >= 11 is 0. The normalized spacial score (nSPS) is 17.4. The molecule has 0 radical (unpaired) electrons. The van der Waals surface area contributed by atoms with Crippen molar-refractivity contribution in [2.45, 2.75) is 19.1 Å². The molecule has 0 bridgehead atoms. The van der Waals surface area contributed by atoms with Gasteiger partial charge in [0.05, 0.1) is 0 Å². The molecule has 3 heteroatoms. The second-order valence-electron chi connectivity index (χ2n) is 4.82. The van der Waals surface area contributed by atoms with Gasteiger partial charge in [0.25, 0.3) is 0 Å². The average Bonchev–Trinajstić information content (AvgIpc) is 2.46. The van der Waals surface area contributed by atoms with Crippen LogP contribution in [0.5, 0.6) is 11.5 Å². The van der Waals surface area contributed by atoms with Gasteiger partial charge in [-0.3, -0.25) is 0 Å². The monoisotopic (exact) mass is 255 g/mol. The first kappa shape index (κ1) is 12.1. The van der Waals surface area contributed by atoms with Gasteiger partial charge in [-0.15, -0.1) is 0 Å². The summed E-state index contributed by atoms with van der Waals surface area (Å²) in [5.41, 5.74) is 8.18. The molecule has 0 aliphatic carbocycles. The highest BCUT2D eigenvalue weighted by Crippen LogP contribution is 2.29. The summed E-state index contributed by atoms with van der Waals surface area (Å²) in [6.45, 7) is 1.15. The lowest BCUT2D eigenvalue weighted by atomic mass is 10.0. The standard InChI is InChI=1S/C16H17NO2/c17-14-8-13-6-7-15(9-16(13)19-11-14)18-10-12-4-2-1-3-5-12/h1-7,9,14H,8,10-11,17H2. The Bertz CT molecular complexity index is 554. The molecule has 0 spiro atoms. The van der Waals surface area contributed by atoms with Crippen molar-refractivity contribution in [2.75, 3.05) is 6.61 Å². The summed E-state index contributed by atoms with van der Waals surface area (Å²) in [6, 6.07) is 16.2. The second kappa shape index (κ2) is 5.33. The van der Waals surface area contributed by atoms with Crippen LogP contribution in [0.2, 0.25) is 0 Å². The Morgan fingerprint density at radius 1 is 1.16 bits per heavy atom. The number of hydrogen-bond acceptors (Lipinski definition) is 3. The maximum absolute atomic E-state index is 5.87. The van der Waals surface area contributed by atoms with Gasteiger partial charge in [0, 0.05) is 12.1 Å². The van der Waals surface area contributed by atoms with Crippen molar-refractivity contribution in [2.24, 2.45) is 5.73 Å². The third kappa shape index (κ3) is 2.88. The first-order valence-corrected chi connectivity index (χ1v) is 6.49. The molecule has 3 nitrogen and oxygen atoms in total. The lowest BCUT2D eigenvalue weighted by Crippen LogP contribution is -2.33. The van der Waals surface area contributed by atoms with Gasteiger partial charge in [-0.1, -0.05) is 36.4 Å². The molecule has 0 amide bonds. The smallest absolute Gasteiger partial charge is 0.126 e. The Labute approximate surface area is 113 Å². The van der Waals surface area contributed by atoms with Crippen LogP contribution in [0.25, 0.3) is 0 Å². The van der Waals surface area contributed by atoms with E-state index >= 15 is 0 Å². The van der Waals surface area contributed by atoms with Gasteiger partial charge >= 0.3 is 0 Å². The molecule has 1 heterocycles. The van der Waals surface area contributed by atoms with Crippen LogP contribution in [-0.4, -0.2) is 12.6 Å². The molecule has 2 aromatic rings. The van der Waals surface area contributed by atoms with E-state index in [1.54, 1.807) is 0 Å². The average molecular weight is 255 g/mol. The van der Waals surface area contributed by atoms with Crippen LogP contribution in [0.3, 0.4) is 0 Å². The molecule has 1 atom stereocenters. The zero-order valence-corrected chi connectivity index (χ0v) is 10.7. The fourth-order valence-electron chi connectivity index (χ4n) is 2.21. The minimum atomic E-state index is 0.101. The molecule has 1 aliphatic heterocycles. The van der Waals surface area contributed by atoms with E-state index in [0.717, 1.165) is 29.0 Å². The van der Waals surface area contributed by atoms with Crippen LogP contribution in [0.15, 0.2) is 48.5 Å². The molecule has 0 fully saturated rings. The van der Waals surface area contributed by atoms with E-state index in [9.17, 15) is 0 Å². The maximum atomic E-state index is 5.87. The number of ether oxygens (including phenoxy) is 2. The number of benzene rings is 2. The van der Waals surface area contributed by atoms with Crippen LogP contribution in [-0.2, 0) is 13.0 Å². The molecule has 19 heavy (non-hydrogen) atoms. The van der Waals surface area contributed by atoms with Gasteiger partial charge in [0.15, 0.2) is 0 Å². The minimum Gasteiger partial charge on any atom is -0.492 e. The van der Waals surface area contributed by atoms with E-state index in [2.05, 4.69) is 0 Å². The quantitative estimate of drug-likeness (QED) is 0.916. The molecule has 0 saturated carbocycles. The summed E-state index contributed by atoms with van der Waals surface area (Å²) < 4.78 is 11.4. The molecule has 0 saturated heterocycles. The van der Waals surface area contributed by atoms with Crippen molar-refractivity contribution in [1.82, 2.24) is 0 Å². The minimum absolute atomic E-state index is 0.101. The molecule has 0 aromatic heterocycles. The Kier molecular flexibility index (Phi) is 3.38. The molecular formula is C16H17NO2. The number of hydrogen-bond donors (Lipinski definition) is 1.